The topological polar surface area (TPSA) is 198 Å². The van der Waals surface area contributed by atoms with Crippen LogP contribution in [0.4, 0.5) is 10.5 Å². The number of halogens is 1. The first kappa shape index (κ1) is 56.6. The molecule has 20 heteroatoms. The fourth-order valence-corrected chi connectivity index (χ4v) is 12.2. The molecule has 4 amide bonds. The van der Waals surface area contributed by atoms with E-state index in [0.717, 1.165) is 60.4 Å². The van der Waals surface area contributed by atoms with Crippen LogP contribution >= 0.6 is 33.2 Å². The molecule has 0 aliphatic carbocycles. The molecular weight excluding hydrogens is 982 g/mol. The number of aryl methyl sites for hydroxylation is 2. The number of anilines is 1. The van der Waals surface area contributed by atoms with Gasteiger partial charge in [0.2, 0.25) is 11.8 Å². The Bertz CT molecular complexity index is 2430. The van der Waals surface area contributed by atoms with E-state index >= 15 is 0 Å². The molecule has 17 nitrogen and oxygen atoms in total. The van der Waals surface area contributed by atoms with Gasteiger partial charge in [-0.05, 0) is 90.5 Å². The van der Waals surface area contributed by atoms with Crippen molar-refractivity contribution in [1.82, 2.24) is 30.1 Å². The molecule has 2 fully saturated rings. The van der Waals surface area contributed by atoms with Crippen LogP contribution in [-0.2, 0) is 57.6 Å². The van der Waals surface area contributed by atoms with Gasteiger partial charge in [0.1, 0.15) is 35.6 Å². The van der Waals surface area contributed by atoms with Crippen LogP contribution in [0.5, 0.6) is 0 Å². The quantitative estimate of drug-likeness (QED) is 0.0630. The minimum atomic E-state index is -1.83. The highest BCUT2D eigenvalue weighted by Crippen LogP contribution is 2.49. The van der Waals surface area contributed by atoms with Crippen LogP contribution in [0.2, 0.25) is 5.02 Å². The number of benzene rings is 1. The number of carbonyl (C=O) groups is 5. The van der Waals surface area contributed by atoms with Crippen LogP contribution in [0.15, 0.2) is 66.6 Å². The largest absolute Gasteiger partial charge is 0.457 e. The van der Waals surface area contributed by atoms with Crippen molar-refractivity contribution in [3.63, 3.8) is 0 Å². The second-order valence-electron chi connectivity index (χ2n) is 20.3. The van der Waals surface area contributed by atoms with Crippen molar-refractivity contribution in [2.75, 3.05) is 31.9 Å². The number of ether oxygens (including phenoxy) is 4. The van der Waals surface area contributed by atoms with Crippen LogP contribution in [0.1, 0.15) is 110 Å². The van der Waals surface area contributed by atoms with Crippen molar-refractivity contribution in [1.29, 1.82) is 0 Å². The zero-order valence-corrected chi connectivity index (χ0v) is 45.7. The number of allylic oxidation sites excluding steroid dienone is 4. The van der Waals surface area contributed by atoms with Gasteiger partial charge < -0.3 is 38.8 Å². The van der Waals surface area contributed by atoms with Gasteiger partial charge >= 0.3 is 12.1 Å². The van der Waals surface area contributed by atoms with Crippen molar-refractivity contribution in [3.05, 3.63) is 88.4 Å². The molecule has 0 saturated carbocycles. The van der Waals surface area contributed by atoms with Gasteiger partial charge in [0.15, 0.2) is 5.72 Å². The molecule has 4 aliphatic rings. The molecule has 4 bridgehead atoms. The van der Waals surface area contributed by atoms with Crippen LogP contribution in [-0.4, -0.2) is 133 Å². The Balaban J connectivity index is 1.04. The summed E-state index contributed by atoms with van der Waals surface area (Å²) in [4.78, 5) is 71.6. The minimum Gasteiger partial charge on any atom is -0.457 e. The summed E-state index contributed by atoms with van der Waals surface area (Å²) in [5, 5.41) is 23.2. The highest BCUT2D eigenvalue weighted by molar-refractivity contribution is 8.77. The standard InChI is InChI=1S/C52H72ClN7O10S2/c1-32-17-16-18-41(67-11)52(66)29-40(68-49(65)54-52)35(4)47-51(8,70-47)42(28-45(63)58(10)39-27-37(25-32)26-33(2)46(39)53)69-48(64)36(5)57(9)43(61)21-22-50(6,7)72-71-24-15-13-12-14-23-59-30-38(55-56-59)31-60-34(3)19-20-44(60)62/h16-20,26-27,30,35-36,40-42,47,66H,3,12-15,21-25,28-29,31H2,1-2,4-11H3,(H,54,65)/b18-16+,32-17+/t35-,36+,40+,41-,42+,47+,51+,52+/m1/s1. The maximum Gasteiger partial charge on any atom is 0.409 e. The molecular formula is C52H72ClN7O10S2. The number of aliphatic hydroxyl groups is 1. The number of aromatic nitrogens is 3. The van der Waals surface area contributed by atoms with Crippen molar-refractivity contribution >= 4 is 68.7 Å². The number of alkyl carbamates (subject to hydrolysis) is 1. The summed E-state index contributed by atoms with van der Waals surface area (Å²) in [6.07, 6.45) is 11.1. The Labute approximate surface area is 436 Å². The lowest BCUT2D eigenvalue weighted by Gasteiger charge is -2.42. The molecule has 4 aliphatic heterocycles. The maximum absolute atomic E-state index is 14.3. The maximum atomic E-state index is 14.3. The summed E-state index contributed by atoms with van der Waals surface area (Å²) in [6, 6.07) is 2.82. The smallest absolute Gasteiger partial charge is 0.409 e. The molecule has 8 atom stereocenters. The van der Waals surface area contributed by atoms with Gasteiger partial charge in [-0.2, -0.15) is 0 Å². The van der Waals surface area contributed by atoms with Crippen LogP contribution in [0, 0.1) is 12.8 Å². The molecule has 0 radical (unpaired) electrons. The van der Waals surface area contributed by atoms with Gasteiger partial charge in [0.05, 0.1) is 36.0 Å². The number of rotatable bonds is 18. The number of nitrogens with zero attached hydrogens (tertiary/aromatic N) is 6. The molecule has 1 aromatic heterocycles. The van der Waals surface area contributed by atoms with Crippen LogP contribution < -0.4 is 10.2 Å². The van der Waals surface area contributed by atoms with Crippen molar-refractivity contribution in [3.8, 4) is 0 Å². The predicted molar refractivity (Wildman–Crippen MR) is 280 cm³/mol. The monoisotopic (exact) mass is 1050 g/mol. The Morgan fingerprint density at radius 2 is 1.89 bits per heavy atom. The van der Waals surface area contributed by atoms with E-state index in [1.165, 1.54) is 23.0 Å². The molecule has 2 saturated heterocycles. The first-order valence-electron chi connectivity index (χ1n) is 24.6. The fourth-order valence-electron chi connectivity index (χ4n) is 9.22. The Kier molecular flexibility index (Phi) is 19.0. The van der Waals surface area contributed by atoms with E-state index in [4.69, 9.17) is 30.5 Å². The summed E-state index contributed by atoms with van der Waals surface area (Å²) in [6.45, 7) is 18.2. The fraction of sp³-hybridized carbons (Fsp3) is 0.596. The third kappa shape index (κ3) is 14.1. The number of methoxy groups -OCH3 is 1. The number of nitrogens with one attached hydrogen (secondary N) is 1. The number of hydrogen-bond acceptors (Lipinski definition) is 14. The van der Waals surface area contributed by atoms with Crippen molar-refractivity contribution in [2.45, 2.75) is 166 Å². The number of carbonyl (C=O) groups excluding carboxylic acids is 5. The van der Waals surface area contributed by atoms with E-state index in [2.05, 4.69) is 36.1 Å². The molecule has 394 valence electrons. The third-order valence-electron chi connectivity index (χ3n) is 14.0. The average molecular weight is 1050 g/mol. The van der Waals surface area contributed by atoms with E-state index in [-0.39, 0.29) is 41.7 Å². The van der Waals surface area contributed by atoms with Crippen LogP contribution in [0.25, 0.3) is 0 Å². The zero-order valence-electron chi connectivity index (χ0n) is 43.3. The normalized spacial score (nSPS) is 27.4. The summed E-state index contributed by atoms with van der Waals surface area (Å²) in [5.74, 6) is -0.985. The van der Waals surface area contributed by atoms with Crippen molar-refractivity contribution < 1.29 is 48.0 Å². The lowest BCUT2D eigenvalue weighted by atomic mass is 9.83. The highest BCUT2D eigenvalue weighted by Gasteiger charge is 2.64. The molecule has 2 aromatic rings. The summed E-state index contributed by atoms with van der Waals surface area (Å²) in [7, 11) is 8.19. The number of amides is 4. The zero-order chi connectivity index (χ0) is 52.7. The lowest BCUT2D eigenvalue weighted by Crippen LogP contribution is -2.63. The number of unbranched alkanes of at least 4 members (excludes halogenated alkanes) is 3. The van der Waals surface area contributed by atoms with Crippen molar-refractivity contribution in [2.24, 2.45) is 5.92 Å². The van der Waals surface area contributed by atoms with E-state index in [9.17, 15) is 29.1 Å². The van der Waals surface area contributed by atoms with E-state index in [0.29, 0.717) is 35.8 Å². The molecule has 6 rings (SSSR count). The lowest BCUT2D eigenvalue weighted by molar-refractivity contribution is -0.162. The van der Waals surface area contributed by atoms with E-state index in [1.54, 1.807) is 72.7 Å². The number of epoxide rings is 1. The van der Waals surface area contributed by atoms with Gasteiger partial charge in [-0.3, -0.25) is 24.4 Å². The molecule has 0 spiro atoms. The Hall–Kier alpha value is -4.66. The van der Waals surface area contributed by atoms with E-state index < -0.39 is 59.8 Å². The average Bonchev–Trinajstić information content (AvgIpc) is 3.65. The molecule has 1 aromatic carbocycles. The van der Waals surface area contributed by atoms with Gasteiger partial charge in [-0.15, -0.1) is 5.10 Å². The van der Waals surface area contributed by atoms with Gasteiger partial charge in [-0.25, -0.2) is 9.59 Å². The highest BCUT2D eigenvalue weighted by atomic mass is 35.5. The number of hydrogen-bond donors (Lipinski definition) is 2. The number of fused-ring (bicyclic) bond motifs is 5. The Morgan fingerprint density at radius 1 is 1.15 bits per heavy atom. The Morgan fingerprint density at radius 3 is 2.60 bits per heavy atom. The number of likely N-dealkylation sites (N-methyl/N-ethyl adjacent to an activating group) is 1. The molecule has 5 heterocycles. The molecule has 72 heavy (non-hydrogen) atoms. The molecule has 0 unspecified atom stereocenters. The predicted octanol–water partition coefficient (Wildman–Crippen LogP) is 8.02. The van der Waals surface area contributed by atoms with Gasteiger partial charge in [0.25, 0.3) is 5.91 Å². The second kappa shape index (κ2) is 24.1. The summed E-state index contributed by atoms with van der Waals surface area (Å²) in [5.41, 5.74) is 1.47. The molecule has 2 N–H and O–H groups in total. The van der Waals surface area contributed by atoms with Gasteiger partial charge in [0, 0.05) is 68.8 Å². The summed E-state index contributed by atoms with van der Waals surface area (Å²) < 4.78 is 25.6. The first-order valence-corrected chi connectivity index (χ1v) is 27.3. The third-order valence-corrected chi connectivity index (χ3v) is 18.0. The first-order chi connectivity index (χ1) is 33.9. The second-order valence-corrected chi connectivity index (χ2v) is 23.8. The SMILES string of the molecule is C=C1C=CC(=O)N1Cc1cn(CCCCCCSSC(C)(C)CCC(=O)N(C)[C@@H](C)C(=O)O[C@H]2CC(=O)N(C)c3cc(cc(C)c3Cl)C/C(C)=C/C=C/[C@@H](OC)[C@@]3(O)C[C@H](OC(=O)N3)[C@@H](C)[C@@H]3O[C@@]23C)nn1. The van der Waals surface area contributed by atoms with Crippen LogP contribution in [0.3, 0.4) is 0 Å². The van der Waals surface area contributed by atoms with E-state index in [1.807, 2.05) is 49.9 Å². The number of esters is 1. The minimum absolute atomic E-state index is 0.0504. The van der Waals surface area contributed by atoms with Gasteiger partial charge in [-0.1, -0.05) is 94.6 Å². The summed E-state index contributed by atoms with van der Waals surface area (Å²) >= 11 is 6.85.